The van der Waals surface area contributed by atoms with Gasteiger partial charge in [0.25, 0.3) is 0 Å². The fourth-order valence-electron chi connectivity index (χ4n) is 7.05. The number of aliphatic hydroxyl groups excluding tert-OH is 2. The summed E-state index contributed by atoms with van der Waals surface area (Å²) in [5, 5.41) is 20.8. The number of hydrogen-bond acceptors (Lipinski definition) is 3. The number of aliphatic hydroxyl groups is 2. The van der Waals surface area contributed by atoms with Crippen molar-refractivity contribution in [3.8, 4) is 0 Å². The average Bonchev–Trinajstić information content (AvgIpc) is 2.77. The minimum Gasteiger partial charge on any atom is -0.393 e. The van der Waals surface area contributed by atoms with Gasteiger partial charge in [0, 0.05) is 11.8 Å². The van der Waals surface area contributed by atoms with Gasteiger partial charge in [0.2, 0.25) is 0 Å². The van der Waals surface area contributed by atoms with Gasteiger partial charge in [-0.25, -0.2) is 0 Å². The van der Waals surface area contributed by atoms with E-state index in [0.29, 0.717) is 23.5 Å². The van der Waals surface area contributed by atoms with Gasteiger partial charge < -0.3 is 10.2 Å². The van der Waals surface area contributed by atoms with Crippen LogP contribution in [0.1, 0.15) is 65.2 Å². The van der Waals surface area contributed by atoms with Gasteiger partial charge in [-0.2, -0.15) is 0 Å². The first-order valence-electron chi connectivity index (χ1n) is 9.25. The van der Waals surface area contributed by atoms with Crippen molar-refractivity contribution < 1.29 is 15.0 Å². The highest BCUT2D eigenvalue weighted by molar-refractivity contribution is 5.87. The normalized spacial score (nSPS) is 57.9. The lowest BCUT2D eigenvalue weighted by Gasteiger charge is -2.61. The van der Waals surface area contributed by atoms with Crippen molar-refractivity contribution in [1.82, 2.24) is 0 Å². The third kappa shape index (κ3) is 1.84. The first kappa shape index (κ1) is 15.1. The van der Waals surface area contributed by atoms with Gasteiger partial charge in [-0.15, -0.1) is 0 Å². The maximum Gasteiger partial charge on any atom is 0.139 e. The standard InChI is InChI=1S/C19H30O3/c1-18-7-5-11(20)9-15(18)16(21)10-12-13-3-4-17(22)19(13,2)8-6-14(12)18/h11-16,20-21H,3-10H2,1-2H3/t11-,12-,13-,14-,15-,16+,18+,19-/m0/s1. The van der Waals surface area contributed by atoms with Crippen molar-refractivity contribution in [3.63, 3.8) is 0 Å². The Kier molecular flexibility index (Phi) is 3.30. The van der Waals surface area contributed by atoms with Crippen LogP contribution in [0.25, 0.3) is 0 Å². The van der Waals surface area contributed by atoms with E-state index in [2.05, 4.69) is 13.8 Å². The quantitative estimate of drug-likeness (QED) is 0.723. The molecule has 0 aromatic carbocycles. The Morgan fingerprint density at radius 2 is 1.73 bits per heavy atom. The largest absolute Gasteiger partial charge is 0.393 e. The minimum atomic E-state index is -0.292. The summed E-state index contributed by atoms with van der Waals surface area (Å²) in [5.41, 5.74) is 0.0484. The molecule has 4 aliphatic carbocycles. The van der Waals surface area contributed by atoms with Gasteiger partial charge in [0.05, 0.1) is 12.2 Å². The predicted octanol–water partition coefficient (Wildman–Crippen LogP) is 2.93. The number of Topliss-reactive ketones (excluding diaryl/α,β-unsaturated/α-hetero) is 1. The van der Waals surface area contributed by atoms with E-state index in [-0.39, 0.29) is 29.0 Å². The van der Waals surface area contributed by atoms with E-state index in [4.69, 9.17) is 0 Å². The van der Waals surface area contributed by atoms with Gasteiger partial charge >= 0.3 is 0 Å². The zero-order chi connectivity index (χ0) is 15.7. The van der Waals surface area contributed by atoms with Crippen molar-refractivity contribution in [2.24, 2.45) is 34.5 Å². The summed E-state index contributed by atoms with van der Waals surface area (Å²) in [7, 11) is 0. The Morgan fingerprint density at radius 3 is 2.50 bits per heavy atom. The molecule has 0 amide bonds. The topological polar surface area (TPSA) is 57.5 Å². The molecule has 3 nitrogen and oxygen atoms in total. The molecule has 0 aromatic heterocycles. The molecule has 0 saturated heterocycles. The van der Waals surface area contributed by atoms with Crippen LogP contribution in [-0.2, 0) is 4.79 Å². The molecular formula is C19H30O3. The summed E-state index contributed by atoms with van der Waals surface area (Å²) < 4.78 is 0. The second kappa shape index (κ2) is 4.80. The molecule has 0 aliphatic heterocycles. The molecule has 3 heteroatoms. The van der Waals surface area contributed by atoms with Crippen LogP contribution in [0.3, 0.4) is 0 Å². The number of fused-ring (bicyclic) bond motifs is 5. The van der Waals surface area contributed by atoms with Gasteiger partial charge in [-0.05, 0) is 74.0 Å². The summed E-state index contributed by atoms with van der Waals surface area (Å²) >= 11 is 0. The summed E-state index contributed by atoms with van der Waals surface area (Å²) in [4.78, 5) is 12.4. The zero-order valence-corrected chi connectivity index (χ0v) is 13.9. The fraction of sp³-hybridized carbons (Fsp3) is 0.947. The number of hydrogen-bond donors (Lipinski definition) is 2. The van der Waals surface area contributed by atoms with Crippen LogP contribution in [0.15, 0.2) is 0 Å². The Balaban J connectivity index is 1.68. The van der Waals surface area contributed by atoms with Crippen molar-refractivity contribution >= 4 is 5.78 Å². The number of carbonyl (C=O) groups is 1. The highest BCUT2D eigenvalue weighted by Gasteiger charge is 2.61. The van der Waals surface area contributed by atoms with Crippen LogP contribution in [-0.4, -0.2) is 28.2 Å². The summed E-state index contributed by atoms with van der Waals surface area (Å²) in [6.07, 6.45) is 6.97. The molecule has 8 atom stereocenters. The van der Waals surface area contributed by atoms with Crippen LogP contribution >= 0.6 is 0 Å². The molecule has 22 heavy (non-hydrogen) atoms. The maximum absolute atomic E-state index is 12.4. The molecule has 4 saturated carbocycles. The van der Waals surface area contributed by atoms with Crippen LogP contribution in [0.4, 0.5) is 0 Å². The van der Waals surface area contributed by atoms with Gasteiger partial charge in [0.1, 0.15) is 5.78 Å². The molecule has 4 rings (SSSR count). The lowest BCUT2D eigenvalue weighted by atomic mass is 9.44. The van der Waals surface area contributed by atoms with E-state index in [1.165, 1.54) is 0 Å². The second-order valence-corrected chi connectivity index (χ2v) is 9.14. The van der Waals surface area contributed by atoms with E-state index in [1.54, 1.807) is 0 Å². The molecule has 0 bridgehead atoms. The van der Waals surface area contributed by atoms with Crippen molar-refractivity contribution in [2.75, 3.05) is 0 Å². The Hall–Kier alpha value is -0.410. The third-order valence-electron chi connectivity index (χ3n) is 8.36. The molecule has 0 heterocycles. The molecule has 0 spiro atoms. The van der Waals surface area contributed by atoms with E-state index < -0.39 is 0 Å². The van der Waals surface area contributed by atoms with Crippen LogP contribution in [0.5, 0.6) is 0 Å². The molecule has 0 radical (unpaired) electrons. The summed E-state index contributed by atoms with van der Waals surface area (Å²) in [6.45, 7) is 4.55. The molecule has 4 aliphatic rings. The van der Waals surface area contributed by atoms with Crippen LogP contribution in [0.2, 0.25) is 0 Å². The van der Waals surface area contributed by atoms with Crippen molar-refractivity contribution in [3.05, 3.63) is 0 Å². The molecule has 0 unspecified atom stereocenters. The molecule has 2 N–H and O–H groups in total. The van der Waals surface area contributed by atoms with E-state index in [1.807, 2.05) is 0 Å². The molecular weight excluding hydrogens is 276 g/mol. The lowest BCUT2D eigenvalue weighted by molar-refractivity contribution is -0.170. The number of rotatable bonds is 0. The van der Waals surface area contributed by atoms with Gasteiger partial charge in [-0.3, -0.25) is 4.79 Å². The first-order valence-corrected chi connectivity index (χ1v) is 9.25. The lowest BCUT2D eigenvalue weighted by Crippen LogP contribution is -2.58. The highest BCUT2D eigenvalue weighted by atomic mass is 16.3. The monoisotopic (exact) mass is 306 g/mol. The summed E-state index contributed by atoms with van der Waals surface area (Å²) in [5.74, 6) is 2.35. The number of ketones is 1. The van der Waals surface area contributed by atoms with E-state index >= 15 is 0 Å². The number of carbonyl (C=O) groups excluding carboxylic acids is 1. The Morgan fingerprint density at radius 1 is 0.955 bits per heavy atom. The minimum absolute atomic E-state index is 0.113. The smallest absolute Gasteiger partial charge is 0.139 e. The van der Waals surface area contributed by atoms with Gasteiger partial charge in [0.15, 0.2) is 0 Å². The predicted molar refractivity (Wildman–Crippen MR) is 84.1 cm³/mol. The SMILES string of the molecule is C[C@]12CC[C@H](O)C[C@H]1[C@H](O)C[C@@H]1[C@@H]2CC[C@]2(C)C(=O)CC[C@@H]12. The fourth-order valence-corrected chi connectivity index (χ4v) is 7.05. The van der Waals surface area contributed by atoms with E-state index in [9.17, 15) is 15.0 Å². The van der Waals surface area contributed by atoms with Crippen LogP contribution < -0.4 is 0 Å². The molecule has 4 fully saturated rings. The third-order valence-corrected chi connectivity index (χ3v) is 8.36. The first-order chi connectivity index (χ1) is 10.4. The average molecular weight is 306 g/mol. The van der Waals surface area contributed by atoms with E-state index in [0.717, 1.165) is 51.4 Å². The maximum atomic E-state index is 12.4. The second-order valence-electron chi connectivity index (χ2n) is 9.14. The van der Waals surface area contributed by atoms with Gasteiger partial charge in [-0.1, -0.05) is 13.8 Å². The molecule has 0 aromatic rings. The Labute approximate surface area is 133 Å². The van der Waals surface area contributed by atoms with Crippen LogP contribution in [0, 0.1) is 34.5 Å². The van der Waals surface area contributed by atoms with Crippen molar-refractivity contribution in [2.45, 2.75) is 77.4 Å². The highest BCUT2D eigenvalue weighted by Crippen LogP contribution is 2.65. The molecule has 124 valence electrons. The van der Waals surface area contributed by atoms with Crippen molar-refractivity contribution in [1.29, 1.82) is 0 Å². The summed E-state index contributed by atoms with van der Waals surface area (Å²) in [6, 6.07) is 0. The zero-order valence-electron chi connectivity index (χ0n) is 13.9. The Bertz CT molecular complexity index is 489.